The van der Waals surface area contributed by atoms with Crippen LogP contribution < -0.4 is 5.32 Å². The number of anilines is 2. The zero-order chi connectivity index (χ0) is 21.7. The fourth-order valence-electron chi connectivity index (χ4n) is 4.28. The second-order valence-corrected chi connectivity index (χ2v) is 8.40. The van der Waals surface area contributed by atoms with Crippen molar-refractivity contribution in [2.75, 3.05) is 25.5 Å². The number of hydrogen-bond donors (Lipinski definition) is 1. The highest BCUT2D eigenvalue weighted by Gasteiger charge is 2.54. The number of nitro benzene ring substituents is 1. The molecule has 31 heavy (non-hydrogen) atoms. The SMILES string of the molecule is CN1C[C@@H]2C(C#Cc3cc4ncnc(Nc5cc(Cl)ccc5F)c4cc3[N+](=O)[O-])[C@@H]2C1. The Balaban J connectivity index is 1.52. The summed E-state index contributed by atoms with van der Waals surface area (Å²) >= 11 is 5.95. The first-order valence-corrected chi connectivity index (χ1v) is 10.1. The number of hydrogen-bond acceptors (Lipinski definition) is 6. The molecular formula is C22H17ClFN5O2. The Labute approximate surface area is 182 Å². The van der Waals surface area contributed by atoms with Crippen LogP contribution in [0.15, 0.2) is 36.7 Å². The monoisotopic (exact) mass is 437 g/mol. The third-order valence-corrected chi connectivity index (χ3v) is 6.12. The van der Waals surface area contributed by atoms with Crippen molar-refractivity contribution in [3.8, 4) is 11.8 Å². The molecule has 2 fully saturated rings. The van der Waals surface area contributed by atoms with Gasteiger partial charge in [0.2, 0.25) is 0 Å². The zero-order valence-corrected chi connectivity index (χ0v) is 17.2. The van der Waals surface area contributed by atoms with Crippen molar-refractivity contribution in [3.63, 3.8) is 0 Å². The van der Waals surface area contributed by atoms with Gasteiger partial charge in [0.15, 0.2) is 0 Å². The van der Waals surface area contributed by atoms with E-state index in [2.05, 4.69) is 39.1 Å². The third-order valence-electron chi connectivity index (χ3n) is 5.88. The molecule has 0 radical (unpaired) electrons. The van der Waals surface area contributed by atoms with Crippen LogP contribution in [0.4, 0.5) is 21.6 Å². The van der Waals surface area contributed by atoms with Crippen molar-refractivity contribution >= 4 is 39.7 Å². The van der Waals surface area contributed by atoms with Gasteiger partial charge in [-0.05, 0) is 43.1 Å². The van der Waals surface area contributed by atoms with Crippen LogP contribution in [0.2, 0.25) is 5.02 Å². The van der Waals surface area contributed by atoms with E-state index in [9.17, 15) is 14.5 Å². The van der Waals surface area contributed by atoms with E-state index in [-0.39, 0.29) is 17.2 Å². The Hall–Kier alpha value is -3.28. The predicted molar refractivity (Wildman–Crippen MR) is 116 cm³/mol. The van der Waals surface area contributed by atoms with E-state index >= 15 is 0 Å². The molecule has 1 unspecified atom stereocenters. The zero-order valence-electron chi connectivity index (χ0n) is 16.5. The van der Waals surface area contributed by atoms with Gasteiger partial charge in [-0.3, -0.25) is 10.1 Å². The van der Waals surface area contributed by atoms with E-state index in [4.69, 9.17) is 11.6 Å². The van der Waals surface area contributed by atoms with E-state index in [1.807, 2.05) is 0 Å². The molecule has 7 nitrogen and oxygen atoms in total. The smallest absolute Gasteiger partial charge is 0.285 e. The maximum atomic E-state index is 14.1. The van der Waals surface area contributed by atoms with Crippen LogP contribution in [0.5, 0.6) is 0 Å². The van der Waals surface area contributed by atoms with Gasteiger partial charge in [-0.15, -0.1) is 0 Å². The number of halogens is 2. The van der Waals surface area contributed by atoms with Gasteiger partial charge in [0.1, 0.15) is 23.5 Å². The fourth-order valence-corrected chi connectivity index (χ4v) is 4.45. The third kappa shape index (κ3) is 3.67. The number of nitro groups is 1. The lowest BCUT2D eigenvalue weighted by Gasteiger charge is -2.10. The Kier molecular flexibility index (Phi) is 4.73. The molecule has 1 aliphatic carbocycles. The predicted octanol–water partition coefficient (Wildman–Crippen LogP) is 4.23. The highest BCUT2D eigenvalue weighted by Crippen LogP contribution is 2.50. The molecule has 0 spiro atoms. The molecule has 9 heteroatoms. The van der Waals surface area contributed by atoms with Crippen LogP contribution in [0.1, 0.15) is 5.56 Å². The lowest BCUT2D eigenvalue weighted by molar-refractivity contribution is -0.385. The largest absolute Gasteiger partial charge is 0.337 e. The second kappa shape index (κ2) is 7.45. The average molecular weight is 438 g/mol. The number of fused-ring (bicyclic) bond motifs is 2. The molecule has 2 aromatic carbocycles. The van der Waals surface area contributed by atoms with Crippen molar-refractivity contribution in [2.24, 2.45) is 17.8 Å². The molecule has 3 atom stereocenters. The van der Waals surface area contributed by atoms with Crippen LogP contribution in [0.25, 0.3) is 10.9 Å². The van der Waals surface area contributed by atoms with E-state index in [0.717, 1.165) is 13.1 Å². The molecule has 1 saturated heterocycles. The van der Waals surface area contributed by atoms with Crippen molar-refractivity contribution < 1.29 is 9.31 Å². The number of benzene rings is 2. The molecular weight excluding hydrogens is 421 g/mol. The topological polar surface area (TPSA) is 84.2 Å². The summed E-state index contributed by atoms with van der Waals surface area (Å²) in [6.45, 7) is 2.04. The molecule has 1 aliphatic heterocycles. The maximum absolute atomic E-state index is 14.1. The molecule has 156 valence electrons. The number of nitrogens with zero attached hydrogens (tertiary/aromatic N) is 4. The first-order valence-electron chi connectivity index (χ1n) is 9.76. The average Bonchev–Trinajstić information content (AvgIpc) is 3.20. The van der Waals surface area contributed by atoms with Crippen molar-refractivity contribution in [2.45, 2.75) is 0 Å². The highest BCUT2D eigenvalue weighted by atomic mass is 35.5. The normalized spacial score (nSPS) is 22.0. The van der Waals surface area contributed by atoms with Crippen molar-refractivity contribution in [1.82, 2.24) is 14.9 Å². The Morgan fingerprint density at radius 2 is 2.03 bits per heavy atom. The highest BCUT2D eigenvalue weighted by molar-refractivity contribution is 6.30. The summed E-state index contributed by atoms with van der Waals surface area (Å²) in [6.07, 6.45) is 1.32. The molecule has 1 N–H and O–H groups in total. The van der Waals surface area contributed by atoms with Crippen LogP contribution in [-0.2, 0) is 0 Å². The molecule has 2 aliphatic rings. The number of rotatable bonds is 3. The summed E-state index contributed by atoms with van der Waals surface area (Å²) in [7, 11) is 2.09. The molecule has 5 rings (SSSR count). The lowest BCUT2D eigenvalue weighted by atomic mass is 10.1. The van der Waals surface area contributed by atoms with Gasteiger partial charge in [0.25, 0.3) is 5.69 Å². The van der Waals surface area contributed by atoms with Gasteiger partial charge in [-0.1, -0.05) is 23.4 Å². The number of piperidine rings is 1. The second-order valence-electron chi connectivity index (χ2n) is 7.96. The summed E-state index contributed by atoms with van der Waals surface area (Å²) in [5.74, 6) is 7.36. The van der Waals surface area contributed by atoms with Gasteiger partial charge in [-0.2, -0.15) is 0 Å². The van der Waals surface area contributed by atoms with E-state index < -0.39 is 10.7 Å². The number of aromatic nitrogens is 2. The maximum Gasteiger partial charge on any atom is 0.285 e. The van der Waals surface area contributed by atoms with E-state index in [1.165, 1.54) is 30.6 Å². The van der Waals surface area contributed by atoms with E-state index in [0.29, 0.717) is 39.2 Å². The summed E-state index contributed by atoms with van der Waals surface area (Å²) in [6, 6.07) is 7.05. The summed E-state index contributed by atoms with van der Waals surface area (Å²) in [4.78, 5) is 21.9. The van der Waals surface area contributed by atoms with Crippen LogP contribution >= 0.6 is 11.6 Å². The first kappa shape index (κ1) is 19.7. The van der Waals surface area contributed by atoms with E-state index in [1.54, 1.807) is 6.07 Å². The Morgan fingerprint density at radius 3 is 2.77 bits per heavy atom. The summed E-state index contributed by atoms with van der Waals surface area (Å²) < 4.78 is 14.1. The minimum Gasteiger partial charge on any atom is -0.337 e. The Bertz CT molecular complexity index is 1280. The fraction of sp³-hybridized carbons (Fsp3) is 0.273. The first-order chi connectivity index (χ1) is 14.9. The molecule has 0 bridgehead atoms. The van der Waals surface area contributed by atoms with Gasteiger partial charge >= 0.3 is 0 Å². The summed E-state index contributed by atoms with van der Waals surface area (Å²) in [5, 5.41) is 15.3. The van der Waals surface area contributed by atoms with Gasteiger partial charge in [0.05, 0.1) is 16.1 Å². The number of nitrogens with one attached hydrogen (secondary N) is 1. The molecule has 1 saturated carbocycles. The number of likely N-dealkylation sites (tertiary alicyclic amines) is 1. The van der Waals surface area contributed by atoms with Crippen LogP contribution in [-0.4, -0.2) is 39.9 Å². The van der Waals surface area contributed by atoms with Gasteiger partial charge in [-0.25, -0.2) is 14.4 Å². The minimum absolute atomic E-state index is 0.115. The molecule has 1 aromatic heterocycles. The summed E-state index contributed by atoms with van der Waals surface area (Å²) in [5.41, 5.74) is 0.775. The van der Waals surface area contributed by atoms with Gasteiger partial charge in [0, 0.05) is 35.5 Å². The molecule has 3 aromatic rings. The Morgan fingerprint density at radius 1 is 1.26 bits per heavy atom. The van der Waals surface area contributed by atoms with Crippen LogP contribution in [0.3, 0.4) is 0 Å². The quantitative estimate of drug-likeness (QED) is 0.375. The standard InChI is InChI=1S/C22H17ClFN5O2/c1-28-9-16-14(17(16)10-28)4-2-12-6-19-15(8-21(12)29(30)31)22(26-11-25-19)27-20-7-13(23)3-5-18(20)24/h3,5-8,11,14,16-17H,9-10H2,1H3,(H,25,26,27)/t14?,16-,17+. The van der Waals surface area contributed by atoms with Gasteiger partial charge < -0.3 is 10.2 Å². The minimum atomic E-state index is -0.520. The van der Waals surface area contributed by atoms with Crippen molar-refractivity contribution in [3.05, 3.63) is 63.2 Å². The van der Waals surface area contributed by atoms with Crippen LogP contribution in [0, 0.1) is 45.5 Å². The molecule has 2 heterocycles. The van der Waals surface area contributed by atoms with Crippen molar-refractivity contribution in [1.29, 1.82) is 0 Å². The lowest BCUT2D eigenvalue weighted by Crippen LogP contribution is -2.18. The molecule has 0 amide bonds.